The summed E-state index contributed by atoms with van der Waals surface area (Å²) in [6, 6.07) is 19.8. The molecule has 2 aromatic rings. The summed E-state index contributed by atoms with van der Waals surface area (Å²) in [5.74, 6) is 0. The molecule has 0 saturated carbocycles. The molecule has 31 heavy (non-hydrogen) atoms. The van der Waals surface area contributed by atoms with E-state index in [2.05, 4.69) is 45.0 Å². The zero-order valence-electron chi connectivity index (χ0n) is 19.5. The number of hydrogen-bond acceptors (Lipinski definition) is 3. The predicted octanol–water partition coefficient (Wildman–Crippen LogP) is 4.30. The number of benzene rings is 2. The van der Waals surface area contributed by atoms with Crippen molar-refractivity contribution in [1.82, 2.24) is 4.90 Å². The summed E-state index contributed by atoms with van der Waals surface area (Å²) in [5, 5.41) is 11.9. The van der Waals surface area contributed by atoms with E-state index < -0.39 is 26.0 Å². The van der Waals surface area contributed by atoms with Crippen LogP contribution in [0, 0.1) is 0 Å². The summed E-state index contributed by atoms with van der Waals surface area (Å²) in [6.45, 7) is 12.2. The van der Waals surface area contributed by atoms with Crippen molar-refractivity contribution < 1.29 is 19.1 Å². The van der Waals surface area contributed by atoms with E-state index in [1.807, 2.05) is 57.2 Å². The highest BCUT2D eigenvalue weighted by molar-refractivity contribution is 6.99. The average Bonchev–Trinajstić information content (AvgIpc) is 2.68. The summed E-state index contributed by atoms with van der Waals surface area (Å²) >= 11 is 0. The summed E-state index contributed by atoms with van der Waals surface area (Å²) in [7, 11) is -2.82. The number of carbonyl (C=O) groups excluding carboxylic acids is 1. The first-order chi connectivity index (χ1) is 14.4. The molecule has 0 bridgehead atoms. The second-order valence-electron chi connectivity index (χ2n) is 9.85. The van der Waals surface area contributed by atoms with Gasteiger partial charge in [-0.25, -0.2) is 4.79 Å². The number of rotatable bonds is 8. The molecule has 0 radical (unpaired) electrons. The van der Waals surface area contributed by atoms with Gasteiger partial charge >= 0.3 is 6.09 Å². The molecule has 2 aromatic carbocycles. The maximum atomic E-state index is 12.1. The van der Waals surface area contributed by atoms with Crippen molar-refractivity contribution in [3.05, 3.63) is 60.7 Å². The smallest absolute Gasteiger partial charge is 0.408 e. The first-order valence-electron chi connectivity index (χ1n) is 10.7. The van der Waals surface area contributed by atoms with E-state index in [0.29, 0.717) is 0 Å². The third kappa shape index (κ3) is 5.43. The lowest BCUT2D eigenvalue weighted by Crippen LogP contribution is -2.67. The highest BCUT2D eigenvalue weighted by Crippen LogP contribution is 2.37. The van der Waals surface area contributed by atoms with Gasteiger partial charge in [-0.15, -0.1) is 0 Å². The van der Waals surface area contributed by atoms with Crippen molar-refractivity contribution in [2.24, 2.45) is 0 Å². The minimum Gasteiger partial charge on any atom is -0.465 e. The van der Waals surface area contributed by atoms with Crippen LogP contribution in [0.1, 0.15) is 48.0 Å². The van der Waals surface area contributed by atoms with E-state index in [-0.39, 0.29) is 18.1 Å². The molecule has 1 unspecified atom stereocenters. The van der Waals surface area contributed by atoms with Gasteiger partial charge in [0.2, 0.25) is 0 Å². The number of aldehydes is 1. The SMILES string of the molecule is CC(C)(C)N(C(=O)O)C(CC=O)CO[Si](c1ccccc1)(c1ccccc1)C(C)(C)C. The molecule has 6 heteroatoms. The fraction of sp³-hybridized carbons (Fsp3) is 0.440. The second-order valence-corrected chi connectivity index (χ2v) is 14.2. The Morgan fingerprint density at radius 2 is 1.42 bits per heavy atom. The second kappa shape index (κ2) is 9.79. The molecule has 0 fully saturated rings. The molecule has 0 aromatic heterocycles. The molecule has 0 spiro atoms. The van der Waals surface area contributed by atoms with Crippen LogP contribution >= 0.6 is 0 Å². The molecule has 168 valence electrons. The van der Waals surface area contributed by atoms with Crippen molar-refractivity contribution in [3.8, 4) is 0 Å². The number of carbonyl (C=O) groups is 2. The highest BCUT2D eigenvalue weighted by atomic mass is 28.4. The standard InChI is InChI=1S/C25H35NO4Si/c1-24(2,3)26(23(28)29)20(17-18-27)19-30-31(25(4,5)6,21-13-9-7-10-14-21)22-15-11-8-12-16-22/h7-16,18,20H,17,19H2,1-6H3,(H,28,29). The van der Waals surface area contributed by atoms with Crippen LogP contribution in [0.3, 0.4) is 0 Å². The lowest BCUT2D eigenvalue weighted by atomic mass is 10.0. The fourth-order valence-electron chi connectivity index (χ4n) is 4.33. The average molecular weight is 442 g/mol. The maximum Gasteiger partial charge on any atom is 0.408 e. The zero-order valence-corrected chi connectivity index (χ0v) is 20.5. The van der Waals surface area contributed by atoms with Gasteiger partial charge in [0.25, 0.3) is 8.32 Å². The van der Waals surface area contributed by atoms with Crippen molar-refractivity contribution in [3.63, 3.8) is 0 Å². The predicted molar refractivity (Wildman–Crippen MR) is 128 cm³/mol. The lowest BCUT2D eigenvalue weighted by molar-refractivity contribution is -0.109. The largest absolute Gasteiger partial charge is 0.465 e. The van der Waals surface area contributed by atoms with Crippen molar-refractivity contribution in [1.29, 1.82) is 0 Å². The quantitative estimate of drug-likeness (QED) is 0.490. The maximum absolute atomic E-state index is 12.1. The molecule has 0 aliphatic carbocycles. The Morgan fingerprint density at radius 1 is 0.968 bits per heavy atom. The lowest BCUT2D eigenvalue weighted by Gasteiger charge is -2.45. The molecule has 0 saturated heterocycles. The first kappa shape index (κ1) is 24.8. The van der Waals surface area contributed by atoms with E-state index in [1.54, 1.807) is 0 Å². The monoisotopic (exact) mass is 441 g/mol. The summed E-state index contributed by atoms with van der Waals surface area (Å²) < 4.78 is 6.88. The van der Waals surface area contributed by atoms with E-state index >= 15 is 0 Å². The molecule has 5 nitrogen and oxygen atoms in total. The Kier molecular flexibility index (Phi) is 7.84. The molecule has 0 aliphatic rings. The van der Waals surface area contributed by atoms with Crippen LogP contribution in [0.25, 0.3) is 0 Å². The van der Waals surface area contributed by atoms with E-state index in [4.69, 9.17) is 4.43 Å². The van der Waals surface area contributed by atoms with Gasteiger partial charge in [0.1, 0.15) is 6.29 Å². The Bertz CT molecular complexity index is 817. The van der Waals surface area contributed by atoms with Crippen molar-refractivity contribution in [2.75, 3.05) is 6.61 Å². The van der Waals surface area contributed by atoms with Crippen LogP contribution in [-0.4, -0.2) is 48.9 Å². The van der Waals surface area contributed by atoms with Gasteiger partial charge in [-0.05, 0) is 36.2 Å². The number of hydrogen-bond donors (Lipinski definition) is 1. The van der Waals surface area contributed by atoms with E-state index in [9.17, 15) is 14.7 Å². The van der Waals surface area contributed by atoms with Crippen molar-refractivity contribution >= 4 is 31.1 Å². The summed E-state index contributed by atoms with van der Waals surface area (Å²) in [6.07, 6.45) is -0.187. The van der Waals surface area contributed by atoms with Crippen LogP contribution in [0.5, 0.6) is 0 Å². The third-order valence-corrected chi connectivity index (χ3v) is 10.6. The fourth-order valence-corrected chi connectivity index (χ4v) is 8.93. The minimum absolute atomic E-state index is 0.0851. The molecular weight excluding hydrogens is 406 g/mol. The van der Waals surface area contributed by atoms with Gasteiger partial charge in [-0.3, -0.25) is 4.90 Å². The van der Waals surface area contributed by atoms with Crippen molar-refractivity contribution in [2.45, 2.75) is 64.6 Å². The van der Waals surface area contributed by atoms with Gasteiger partial charge in [0, 0.05) is 12.0 Å². The van der Waals surface area contributed by atoms with Crippen LogP contribution in [0.2, 0.25) is 5.04 Å². The minimum atomic E-state index is -2.82. The van der Waals surface area contributed by atoms with Gasteiger partial charge in [-0.1, -0.05) is 81.4 Å². The Balaban J connectivity index is 2.60. The van der Waals surface area contributed by atoms with Gasteiger partial charge in [0.05, 0.1) is 12.6 Å². The van der Waals surface area contributed by atoms with E-state index in [0.717, 1.165) is 16.7 Å². The number of carboxylic acid groups (broad SMARTS) is 1. The highest BCUT2D eigenvalue weighted by Gasteiger charge is 2.50. The van der Waals surface area contributed by atoms with Crippen LogP contribution in [0.4, 0.5) is 4.79 Å². The molecular formula is C25H35NO4Si. The zero-order chi connectivity index (χ0) is 23.3. The molecule has 1 N–H and O–H groups in total. The van der Waals surface area contributed by atoms with Gasteiger partial charge < -0.3 is 14.3 Å². The summed E-state index contributed by atoms with van der Waals surface area (Å²) in [4.78, 5) is 24.9. The normalized spacial score (nSPS) is 13.5. The van der Waals surface area contributed by atoms with Crippen LogP contribution in [0.15, 0.2) is 60.7 Å². The third-order valence-electron chi connectivity index (χ3n) is 5.57. The van der Waals surface area contributed by atoms with E-state index in [1.165, 1.54) is 4.90 Å². The number of amides is 1. The van der Waals surface area contributed by atoms with Gasteiger partial charge in [-0.2, -0.15) is 0 Å². The molecule has 2 rings (SSSR count). The van der Waals surface area contributed by atoms with Crippen LogP contribution in [-0.2, 0) is 9.22 Å². The van der Waals surface area contributed by atoms with Crippen LogP contribution < -0.4 is 10.4 Å². The Labute approximate surface area is 187 Å². The number of nitrogens with zero attached hydrogens (tertiary/aromatic N) is 1. The molecule has 1 amide bonds. The Morgan fingerprint density at radius 3 is 1.74 bits per heavy atom. The molecule has 0 heterocycles. The van der Waals surface area contributed by atoms with Gasteiger partial charge in [0.15, 0.2) is 0 Å². The Hall–Kier alpha value is -2.44. The first-order valence-corrected chi connectivity index (χ1v) is 12.6. The molecule has 1 atom stereocenters. The summed E-state index contributed by atoms with van der Waals surface area (Å²) in [5.41, 5.74) is -0.658. The topological polar surface area (TPSA) is 66.8 Å². The molecule has 0 aliphatic heterocycles.